The van der Waals surface area contributed by atoms with Crippen LogP contribution in [0.25, 0.3) is 16.7 Å². The van der Waals surface area contributed by atoms with E-state index in [4.69, 9.17) is 4.74 Å². The van der Waals surface area contributed by atoms with Crippen molar-refractivity contribution >= 4 is 11.0 Å². The normalized spacial score (nSPS) is 10.9. The number of rotatable bonds is 3. The number of imidazole rings is 1. The maximum Gasteiger partial charge on any atom is 0.140 e. The summed E-state index contributed by atoms with van der Waals surface area (Å²) in [5.41, 5.74) is 3.21. The van der Waals surface area contributed by atoms with Gasteiger partial charge < -0.3 is 4.74 Å². The highest BCUT2D eigenvalue weighted by Gasteiger charge is 2.11. The number of ether oxygens (including phenoxy) is 1. The second-order valence-electron chi connectivity index (χ2n) is 4.12. The van der Waals surface area contributed by atoms with E-state index in [2.05, 4.69) is 27.8 Å². The summed E-state index contributed by atoms with van der Waals surface area (Å²) in [7, 11) is 1.69. The zero-order valence-corrected chi connectivity index (χ0v) is 10.2. The smallest absolute Gasteiger partial charge is 0.140 e. The van der Waals surface area contributed by atoms with Gasteiger partial charge in [0.15, 0.2) is 0 Å². The molecule has 0 spiro atoms. The lowest BCUT2D eigenvalue weighted by molar-refractivity contribution is 0.177. The summed E-state index contributed by atoms with van der Waals surface area (Å²) < 4.78 is 7.37. The van der Waals surface area contributed by atoms with Crippen LogP contribution in [0.2, 0.25) is 0 Å². The lowest BCUT2D eigenvalue weighted by Crippen LogP contribution is -2.02. The zero-order valence-electron chi connectivity index (χ0n) is 10.2. The molecule has 0 aliphatic rings. The number of nitrogens with zero attached hydrogens (tertiary/aromatic N) is 2. The van der Waals surface area contributed by atoms with Crippen LogP contribution in [-0.2, 0) is 11.3 Å². The van der Waals surface area contributed by atoms with Gasteiger partial charge in [0.2, 0.25) is 0 Å². The van der Waals surface area contributed by atoms with Gasteiger partial charge in [0.25, 0.3) is 0 Å². The van der Waals surface area contributed by atoms with E-state index in [1.807, 2.05) is 36.4 Å². The molecule has 18 heavy (non-hydrogen) atoms. The summed E-state index contributed by atoms with van der Waals surface area (Å²) in [5.74, 6) is 0.921. The summed E-state index contributed by atoms with van der Waals surface area (Å²) >= 11 is 0. The topological polar surface area (TPSA) is 27.1 Å². The van der Waals surface area contributed by atoms with Gasteiger partial charge >= 0.3 is 0 Å². The van der Waals surface area contributed by atoms with Gasteiger partial charge in [-0.1, -0.05) is 30.3 Å². The van der Waals surface area contributed by atoms with Crippen molar-refractivity contribution in [2.45, 2.75) is 6.61 Å². The van der Waals surface area contributed by atoms with Crippen LogP contribution in [0.1, 0.15) is 5.82 Å². The Labute approximate surface area is 106 Å². The molecule has 0 bridgehead atoms. The van der Waals surface area contributed by atoms with Crippen LogP contribution < -0.4 is 0 Å². The molecule has 1 aromatic heterocycles. The van der Waals surface area contributed by atoms with Crippen LogP contribution >= 0.6 is 0 Å². The second-order valence-corrected chi connectivity index (χ2v) is 4.12. The molecule has 0 saturated heterocycles. The average molecular weight is 238 g/mol. The molecule has 0 unspecified atom stereocenters. The molecule has 3 nitrogen and oxygen atoms in total. The Balaban J connectivity index is 2.28. The van der Waals surface area contributed by atoms with Crippen molar-refractivity contribution in [2.24, 2.45) is 0 Å². The molecular formula is C15H14N2O. The first-order chi connectivity index (χ1) is 8.90. The van der Waals surface area contributed by atoms with Crippen molar-refractivity contribution in [3.63, 3.8) is 0 Å². The van der Waals surface area contributed by atoms with Gasteiger partial charge in [-0.2, -0.15) is 0 Å². The minimum atomic E-state index is 0.504. The fraction of sp³-hybridized carbons (Fsp3) is 0.133. The van der Waals surface area contributed by atoms with Gasteiger partial charge in [-0.15, -0.1) is 0 Å². The molecule has 0 radical (unpaired) electrons. The number of benzene rings is 2. The fourth-order valence-electron chi connectivity index (χ4n) is 2.17. The van der Waals surface area contributed by atoms with E-state index in [9.17, 15) is 0 Å². The number of para-hydroxylation sites is 3. The molecule has 0 N–H and O–H groups in total. The Bertz CT molecular complexity index is 659. The molecule has 90 valence electrons. The van der Waals surface area contributed by atoms with E-state index in [0.29, 0.717) is 6.61 Å². The first kappa shape index (κ1) is 11.0. The van der Waals surface area contributed by atoms with Crippen LogP contribution in [0, 0.1) is 0 Å². The molecule has 3 heteroatoms. The van der Waals surface area contributed by atoms with Crippen LogP contribution in [0.3, 0.4) is 0 Å². The number of hydrogen-bond donors (Lipinski definition) is 0. The lowest BCUT2D eigenvalue weighted by atomic mass is 10.3. The Morgan fingerprint density at radius 2 is 1.72 bits per heavy atom. The molecule has 3 aromatic rings. The predicted molar refractivity (Wildman–Crippen MR) is 71.8 cm³/mol. The Kier molecular flexibility index (Phi) is 2.82. The van der Waals surface area contributed by atoms with E-state index in [0.717, 1.165) is 22.5 Å². The van der Waals surface area contributed by atoms with Crippen molar-refractivity contribution in [3.05, 3.63) is 60.4 Å². The van der Waals surface area contributed by atoms with Gasteiger partial charge in [-0.3, -0.25) is 4.57 Å². The van der Waals surface area contributed by atoms with Crippen LogP contribution in [0.5, 0.6) is 0 Å². The molecule has 1 heterocycles. The van der Waals surface area contributed by atoms with E-state index >= 15 is 0 Å². The van der Waals surface area contributed by atoms with E-state index in [-0.39, 0.29) is 0 Å². The van der Waals surface area contributed by atoms with E-state index in [1.165, 1.54) is 0 Å². The monoisotopic (exact) mass is 238 g/mol. The maximum absolute atomic E-state index is 5.24. The van der Waals surface area contributed by atoms with Crippen LogP contribution in [0.15, 0.2) is 54.6 Å². The average Bonchev–Trinajstić information content (AvgIpc) is 2.78. The third-order valence-electron chi connectivity index (χ3n) is 2.92. The summed E-state index contributed by atoms with van der Waals surface area (Å²) in [5, 5.41) is 0. The fourth-order valence-corrected chi connectivity index (χ4v) is 2.17. The molecule has 3 rings (SSSR count). The Morgan fingerprint density at radius 3 is 2.50 bits per heavy atom. The number of fused-ring (bicyclic) bond motifs is 1. The van der Waals surface area contributed by atoms with Gasteiger partial charge in [0.05, 0.1) is 11.0 Å². The van der Waals surface area contributed by atoms with Gasteiger partial charge in [0.1, 0.15) is 12.4 Å². The SMILES string of the molecule is COCc1nc2ccccc2n1-c1ccccc1. The number of aromatic nitrogens is 2. The van der Waals surface area contributed by atoms with Crippen molar-refractivity contribution in [3.8, 4) is 5.69 Å². The molecule has 0 amide bonds. The quantitative estimate of drug-likeness (QED) is 0.700. The lowest BCUT2D eigenvalue weighted by Gasteiger charge is -2.08. The third kappa shape index (κ3) is 1.79. The summed E-state index contributed by atoms with van der Waals surface area (Å²) in [4.78, 5) is 4.62. The molecule has 0 aliphatic carbocycles. The standard InChI is InChI=1S/C15H14N2O/c1-18-11-15-16-13-9-5-6-10-14(13)17(15)12-7-3-2-4-8-12/h2-10H,11H2,1H3. The number of hydrogen-bond acceptors (Lipinski definition) is 2. The van der Waals surface area contributed by atoms with Crippen molar-refractivity contribution in [1.82, 2.24) is 9.55 Å². The highest BCUT2D eigenvalue weighted by Crippen LogP contribution is 2.21. The van der Waals surface area contributed by atoms with Gasteiger partial charge in [-0.25, -0.2) is 4.98 Å². The Hall–Kier alpha value is -2.13. The molecular weight excluding hydrogens is 224 g/mol. The van der Waals surface area contributed by atoms with Crippen molar-refractivity contribution < 1.29 is 4.74 Å². The Morgan fingerprint density at radius 1 is 1.00 bits per heavy atom. The zero-order chi connectivity index (χ0) is 12.4. The van der Waals surface area contributed by atoms with E-state index < -0.39 is 0 Å². The summed E-state index contributed by atoms with van der Waals surface area (Å²) in [6.45, 7) is 0.504. The van der Waals surface area contributed by atoms with Gasteiger partial charge in [-0.05, 0) is 24.3 Å². The van der Waals surface area contributed by atoms with Crippen LogP contribution in [-0.4, -0.2) is 16.7 Å². The predicted octanol–water partition coefficient (Wildman–Crippen LogP) is 3.17. The van der Waals surface area contributed by atoms with Crippen molar-refractivity contribution in [1.29, 1.82) is 0 Å². The highest BCUT2D eigenvalue weighted by molar-refractivity contribution is 5.78. The summed E-state index contributed by atoms with van der Waals surface area (Å²) in [6.07, 6.45) is 0. The third-order valence-corrected chi connectivity index (χ3v) is 2.92. The molecule has 0 saturated carbocycles. The van der Waals surface area contributed by atoms with Crippen LogP contribution in [0.4, 0.5) is 0 Å². The first-order valence-electron chi connectivity index (χ1n) is 5.91. The summed E-state index contributed by atoms with van der Waals surface area (Å²) in [6, 6.07) is 18.4. The minimum absolute atomic E-state index is 0.504. The largest absolute Gasteiger partial charge is 0.377 e. The second kappa shape index (κ2) is 4.63. The molecule has 0 aliphatic heterocycles. The first-order valence-corrected chi connectivity index (χ1v) is 5.91. The number of methoxy groups -OCH3 is 1. The van der Waals surface area contributed by atoms with E-state index in [1.54, 1.807) is 7.11 Å². The molecule has 2 aromatic carbocycles. The van der Waals surface area contributed by atoms with Crippen molar-refractivity contribution in [2.75, 3.05) is 7.11 Å². The minimum Gasteiger partial charge on any atom is -0.377 e. The maximum atomic E-state index is 5.24. The molecule has 0 fully saturated rings. The molecule has 0 atom stereocenters. The highest BCUT2D eigenvalue weighted by atomic mass is 16.5. The van der Waals surface area contributed by atoms with Gasteiger partial charge in [0, 0.05) is 12.8 Å².